The van der Waals surface area contributed by atoms with Crippen molar-refractivity contribution in [2.24, 2.45) is 0 Å². The van der Waals surface area contributed by atoms with Gasteiger partial charge in [-0.1, -0.05) is 36.2 Å². The fourth-order valence-electron chi connectivity index (χ4n) is 1.80. The molecule has 1 N–H and O–H groups in total. The first-order valence-electron chi connectivity index (χ1n) is 5.46. The zero-order chi connectivity index (χ0) is 13.0. The molecule has 1 aromatic carbocycles. The minimum Gasteiger partial charge on any atom is -0.480 e. The summed E-state index contributed by atoms with van der Waals surface area (Å²) in [6, 6.07) is 4.64. The number of halogens is 2. The number of carboxylic acid groups (broad SMARTS) is 1. The number of rotatable bonds is 5. The quantitative estimate of drug-likeness (QED) is 0.891. The van der Waals surface area contributed by atoms with Crippen molar-refractivity contribution in [2.75, 3.05) is 11.4 Å². The second-order valence-corrected chi connectivity index (χ2v) is 4.41. The van der Waals surface area contributed by atoms with Gasteiger partial charge in [0, 0.05) is 6.54 Å². The summed E-state index contributed by atoms with van der Waals surface area (Å²) in [6.45, 7) is 4.29. The predicted octanol–water partition coefficient (Wildman–Crippen LogP) is 3.68. The van der Waals surface area contributed by atoms with Crippen LogP contribution in [0.5, 0.6) is 0 Å². The first-order valence-corrected chi connectivity index (χ1v) is 6.21. The summed E-state index contributed by atoms with van der Waals surface area (Å²) in [7, 11) is 0. The van der Waals surface area contributed by atoms with Crippen molar-refractivity contribution in [3.8, 4) is 0 Å². The highest BCUT2D eigenvalue weighted by molar-refractivity contribution is 6.43. The lowest BCUT2D eigenvalue weighted by molar-refractivity contribution is -0.138. The number of aliphatic carboxylic acids is 1. The number of benzene rings is 1. The van der Waals surface area contributed by atoms with E-state index in [2.05, 4.69) is 0 Å². The average molecular weight is 276 g/mol. The maximum absolute atomic E-state index is 11.2. The minimum absolute atomic E-state index is 0.399. The summed E-state index contributed by atoms with van der Waals surface area (Å²) in [5.41, 5.74) is 0.663. The molecule has 17 heavy (non-hydrogen) atoms. The number of anilines is 1. The molecule has 3 nitrogen and oxygen atoms in total. The average Bonchev–Trinajstić information content (AvgIpc) is 2.29. The minimum atomic E-state index is -0.856. The van der Waals surface area contributed by atoms with Crippen LogP contribution in [-0.2, 0) is 4.79 Å². The van der Waals surface area contributed by atoms with Gasteiger partial charge in [0.1, 0.15) is 6.04 Å². The molecular formula is C12H15Cl2NO2. The van der Waals surface area contributed by atoms with E-state index in [0.717, 1.165) is 0 Å². The van der Waals surface area contributed by atoms with Crippen LogP contribution in [0, 0.1) is 0 Å². The van der Waals surface area contributed by atoms with Gasteiger partial charge in [0.05, 0.1) is 15.7 Å². The second kappa shape index (κ2) is 6.12. The summed E-state index contributed by atoms with van der Waals surface area (Å²) in [5.74, 6) is -0.856. The molecule has 0 unspecified atom stereocenters. The van der Waals surface area contributed by atoms with Gasteiger partial charge in [0.2, 0.25) is 0 Å². The highest BCUT2D eigenvalue weighted by Gasteiger charge is 2.24. The van der Waals surface area contributed by atoms with E-state index in [1.54, 1.807) is 23.1 Å². The molecule has 0 fully saturated rings. The Balaban J connectivity index is 3.17. The Kier molecular flexibility index (Phi) is 5.09. The summed E-state index contributed by atoms with van der Waals surface area (Å²) in [5, 5.41) is 10.0. The molecule has 1 aromatic rings. The Morgan fingerprint density at radius 2 is 2.06 bits per heavy atom. The van der Waals surface area contributed by atoms with Crippen LogP contribution in [0.25, 0.3) is 0 Å². The molecule has 0 aliphatic rings. The number of nitrogens with zero attached hydrogens (tertiary/aromatic N) is 1. The van der Waals surface area contributed by atoms with E-state index < -0.39 is 12.0 Å². The highest BCUT2D eigenvalue weighted by Crippen LogP contribution is 2.33. The van der Waals surface area contributed by atoms with E-state index in [1.165, 1.54) is 0 Å². The zero-order valence-corrected chi connectivity index (χ0v) is 11.3. The number of hydrogen-bond acceptors (Lipinski definition) is 2. The van der Waals surface area contributed by atoms with E-state index in [9.17, 15) is 9.90 Å². The number of likely N-dealkylation sites (N-methyl/N-ethyl adjacent to an activating group) is 1. The van der Waals surface area contributed by atoms with Crippen LogP contribution >= 0.6 is 23.2 Å². The third kappa shape index (κ3) is 3.05. The summed E-state index contributed by atoms with van der Waals surface area (Å²) >= 11 is 12.0. The summed E-state index contributed by atoms with van der Waals surface area (Å²) < 4.78 is 0. The zero-order valence-electron chi connectivity index (χ0n) is 9.78. The largest absolute Gasteiger partial charge is 0.480 e. The molecule has 0 heterocycles. The molecule has 0 aliphatic heterocycles. The normalized spacial score (nSPS) is 12.2. The van der Waals surface area contributed by atoms with Gasteiger partial charge in [-0.3, -0.25) is 0 Å². The Morgan fingerprint density at radius 1 is 1.41 bits per heavy atom. The fraction of sp³-hybridized carbons (Fsp3) is 0.417. The molecule has 0 aromatic heterocycles. The highest BCUT2D eigenvalue weighted by atomic mass is 35.5. The molecule has 0 saturated carbocycles. The van der Waals surface area contributed by atoms with Gasteiger partial charge < -0.3 is 10.0 Å². The lowest BCUT2D eigenvalue weighted by atomic mass is 10.1. The third-order valence-corrected chi connectivity index (χ3v) is 3.44. The molecule has 0 amide bonds. The fourth-order valence-corrected chi connectivity index (χ4v) is 2.21. The van der Waals surface area contributed by atoms with Crippen LogP contribution in [0.15, 0.2) is 18.2 Å². The van der Waals surface area contributed by atoms with Gasteiger partial charge in [0.15, 0.2) is 0 Å². The van der Waals surface area contributed by atoms with E-state index >= 15 is 0 Å². The van der Waals surface area contributed by atoms with Crippen molar-refractivity contribution in [3.63, 3.8) is 0 Å². The van der Waals surface area contributed by atoms with Crippen LogP contribution in [-0.4, -0.2) is 23.7 Å². The van der Waals surface area contributed by atoms with Gasteiger partial charge >= 0.3 is 5.97 Å². The molecule has 1 rings (SSSR count). The van der Waals surface area contributed by atoms with E-state index in [-0.39, 0.29) is 0 Å². The standard InChI is InChI=1S/C12H15Cl2NO2/c1-3-9(12(16)17)15(4-2)10-7-5-6-8(13)11(10)14/h5-7,9H,3-4H2,1-2H3,(H,16,17)/t9-/m0/s1. The van der Waals surface area contributed by atoms with Gasteiger partial charge in [-0.2, -0.15) is 0 Å². The van der Waals surface area contributed by atoms with Crippen LogP contribution in [0.2, 0.25) is 10.0 Å². The molecule has 0 radical (unpaired) electrons. The van der Waals surface area contributed by atoms with Crippen LogP contribution in [0.4, 0.5) is 5.69 Å². The Morgan fingerprint density at radius 3 is 2.53 bits per heavy atom. The molecular weight excluding hydrogens is 261 g/mol. The first-order chi connectivity index (χ1) is 8.02. The second-order valence-electron chi connectivity index (χ2n) is 3.62. The number of carboxylic acids is 1. The van der Waals surface area contributed by atoms with E-state index in [0.29, 0.717) is 28.7 Å². The molecule has 94 valence electrons. The van der Waals surface area contributed by atoms with Crippen molar-refractivity contribution in [1.29, 1.82) is 0 Å². The van der Waals surface area contributed by atoms with Gasteiger partial charge in [-0.15, -0.1) is 0 Å². The molecule has 0 saturated heterocycles. The van der Waals surface area contributed by atoms with E-state index in [4.69, 9.17) is 23.2 Å². The van der Waals surface area contributed by atoms with Crippen molar-refractivity contribution >= 4 is 34.9 Å². The number of hydrogen-bond donors (Lipinski definition) is 1. The Labute approximate surface area is 111 Å². The molecule has 5 heteroatoms. The lowest BCUT2D eigenvalue weighted by Crippen LogP contribution is -2.41. The van der Waals surface area contributed by atoms with Crippen LogP contribution in [0.1, 0.15) is 20.3 Å². The lowest BCUT2D eigenvalue weighted by Gasteiger charge is -2.30. The smallest absolute Gasteiger partial charge is 0.326 e. The van der Waals surface area contributed by atoms with Crippen LogP contribution in [0.3, 0.4) is 0 Å². The van der Waals surface area contributed by atoms with Gasteiger partial charge in [-0.05, 0) is 25.5 Å². The monoisotopic (exact) mass is 275 g/mol. The summed E-state index contributed by atoms with van der Waals surface area (Å²) in [4.78, 5) is 12.9. The maximum atomic E-state index is 11.2. The Bertz CT molecular complexity index is 409. The molecule has 0 bridgehead atoms. The van der Waals surface area contributed by atoms with Gasteiger partial charge in [-0.25, -0.2) is 4.79 Å². The van der Waals surface area contributed by atoms with Crippen molar-refractivity contribution in [3.05, 3.63) is 28.2 Å². The van der Waals surface area contributed by atoms with Crippen molar-refractivity contribution < 1.29 is 9.90 Å². The number of carbonyl (C=O) groups is 1. The Hall–Kier alpha value is -0.930. The van der Waals surface area contributed by atoms with Gasteiger partial charge in [0.25, 0.3) is 0 Å². The van der Waals surface area contributed by atoms with Crippen LogP contribution < -0.4 is 4.90 Å². The first kappa shape index (κ1) is 14.1. The summed E-state index contributed by atoms with van der Waals surface area (Å²) in [6.07, 6.45) is 0.506. The topological polar surface area (TPSA) is 40.5 Å². The predicted molar refractivity (Wildman–Crippen MR) is 71.2 cm³/mol. The SMILES string of the molecule is CC[C@@H](C(=O)O)N(CC)c1cccc(Cl)c1Cl. The van der Waals surface area contributed by atoms with Crippen molar-refractivity contribution in [1.82, 2.24) is 0 Å². The molecule has 0 spiro atoms. The maximum Gasteiger partial charge on any atom is 0.326 e. The molecule has 0 aliphatic carbocycles. The van der Waals surface area contributed by atoms with Crippen molar-refractivity contribution in [2.45, 2.75) is 26.3 Å². The van der Waals surface area contributed by atoms with E-state index in [1.807, 2.05) is 13.8 Å². The molecule has 1 atom stereocenters. The third-order valence-electron chi connectivity index (χ3n) is 2.63.